The Morgan fingerprint density at radius 3 is 2.94 bits per heavy atom. The zero-order chi connectivity index (χ0) is 12.4. The SMILES string of the molecule is COc1cc(Br)cc(N2CCOC(C)C2)c1N. The van der Waals surface area contributed by atoms with Crippen molar-refractivity contribution >= 4 is 27.3 Å². The third-order valence-electron chi connectivity index (χ3n) is 2.89. The summed E-state index contributed by atoms with van der Waals surface area (Å²) in [6, 6.07) is 3.90. The molecule has 1 unspecified atom stereocenters. The molecule has 94 valence electrons. The van der Waals surface area contributed by atoms with E-state index in [4.69, 9.17) is 15.2 Å². The molecule has 1 aliphatic heterocycles. The van der Waals surface area contributed by atoms with Crippen LogP contribution in [0.25, 0.3) is 0 Å². The number of ether oxygens (including phenoxy) is 2. The average molecular weight is 301 g/mol. The second-order valence-corrected chi connectivity index (χ2v) is 5.08. The summed E-state index contributed by atoms with van der Waals surface area (Å²) in [4.78, 5) is 2.23. The van der Waals surface area contributed by atoms with Gasteiger partial charge in [0.1, 0.15) is 5.75 Å². The largest absolute Gasteiger partial charge is 0.494 e. The minimum atomic E-state index is 0.230. The lowest BCUT2D eigenvalue weighted by Crippen LogP contribution is -2.41. The molecule has 0 bridgehead atoms. The van der Waals surface area contributed by atoms with Gasteiger partial charge in [-0.05, 0) is 19.1 Å². The van der Waals surface area contributed by atoms with Crippen molar-refractivity contribution in [1.29, 1.82) is 0 Å². The van der Waals surface area contributed by atoms with E-state index in [1.165, 1.54) is 0 Å². The molecule has 0 aliphatic carbocycles. The number of benzene rings is 1. The second kappa shape index (κ2) is 5.14. The van der Waals surface area contributed by atoms with Crippen LogP contribution < -0.4 is 15.4 Å². The van der Waals surface area contributed by atoms with Crippen molar-refractivity contribution < 1.29 is 9.47 Å². The number of methoxy groups -OCH3 is 1. The lowest BCUT2D eigenvalue weighted by molar-refractivity contribution is 0.0532. The summed E-state index contributed by atoms with van der Waals surface area (Å²) >= 11 is 3.48. The maximum Gasteiger partial charge on any atom is 0.145 e. The molecule has 1 aromatic carbocycles. The van der Waals surface area contributed by atoms with Crippen LogP contribution in [0, 0.1) is 0 Å². The second-order valence-electron chi connectivity index (χ2n) is 4.17. The van der Waals surface area contributed by atoms with Gasteiger partial charge in [-0.25, -0.2) is 0 Å². The molecule has 4 nitrogen and oxygen atoms in total. The third kappa shape index (κ3) is 2.66. The quantitative estimate of drug-likeness (QED) is 0.851. The molecule has 1 heterocycles. The van der Waals surface area contributed by atoms with Crippen LogP contribution in [0.3, 0.4) is 0 Å². The van der Waals surface area contributed by atoms with Crippen molar-refractivity contribution in [1.82, 2.24) is 0 Å². The Kier molecular flexibility index (Phi) is 3.79. The molecule has 1 aromatic rings. The molecule has 0 saturated carbocycles. The van der Waals surface area contributed by atoms with Crippen molar-refractivity contribution in [2.24, 2.45) is 0 Å². The normalized spacial score (nSPS) is 20.4. The van der Waals surface area contributed by atoms with Crippen molar-refractivity contribution in [3.63, 3.8) is 0 Å². The van der Waals surface area contributed by atoms with Crippen LogP contribution in [0.15, 0.2) is 16.6 Å². The number of hydrogen-bond donors (Lipinski definition) is 1. The molecule has 1 atom stereocenters. The van der Waals surface area contributed by atoms with Crippen LogP contribution in [-0.4, -0.2) is 32.9 Å². The van der Waals surface area contributed by atoms with Crippen LogP contribution >= 0.6 is 15.9 Å². The zero-order valence-corrected chi connectivity index (χ0v) is 11.7. The standard InChI is InChI=1S/C12H17BrN2O2/c1-8-7-15(3-4-17-8)10-5-9(13)6-11(16-2)12(10)14/h5-6,8H,3-4,7,14H2,1-2H3. The van der Waals surface area contributed by atoms with Crippen molar-refractivity contribution in [2.45, 2.75) is 13.0 Å². The number of nitrogens with zero attached hydrogens (tertiary/aromatic N) is 1. The topological polar surface area (TPSA) is 47.7 Å². The predicted molar refractivity (Wildman–Crippen MR) is 72.7 cm³/mol. The number of anilines is 2. The summed E-state index contributed by atoms with van der Waals surface area (Å²) in [5.74, 6) is 0.702. The van der Waals surface area contributed by atoms with E-state index in [1.54, 1.807) is 7.11 Å². The molecule has 0 amide bonds. The molecule has 0 radical (unpaired) electrons. The number of morpholine rings is 1. The minimum absolute atomic E-state index is 0.230. The summed E-state index contributed by atoms with van der Waals surface area (Å²) in [6.45, 7) is 4.50. The van der Waals surface area contributed by atoms with Gasteiger partial charge in [-0.2, -0.15) is 0 Å². The van der Waals surface area contributed by atoms with E-state index in [9.17, 15) is 0 Å². The Balaban J connectivity index is 2.33. The fourth-order valence-electron chi connectivity index (χ4n) is 2.05. The van der Waals surface area contributed by atoms with E-state index in [0.29, 0.717) is 11.4 Å². The van der Waals surface area contributed by atoms with Crippen LogP contribution in [0.5, 0.6) is 5.75 Å². The Bertz CT molecular complexity index is 412. The van der Waals surface area contributed by atoms with Gasteiger partial charge in [0.25, 0.3) is 0 Å². The zero-order valence-electron chi connectivity index (χ0n) is 10.1. The lowest BCUT2D eigenvalue weighted by Gasteiger charge is -2.34. The predicted octanol–water partition coefficient (Wildman–Crippen LogP) is 2.26. The molecule has 1 aliphatic rings. The fraction of sp³-hybridized carbons (Fsp3) is 0.500. The highest BCUT2D eigenvalue weighted by Crippen LogP contribution is 2.36. The Morgan fingerprint density at radius 2 is 2.29 bits per heavy atom. The van der Waals surface area contributed by atoms with Gasteiger partial charge in [0.2, 0.25) is 0 Å². The van der Waals surface area contributed by atoms with E-state index >= 15 is 0 Å². The van der Waals surface area contributed by atoms with E-state index in [1.807, 2.05) is 12.1 Å². The molecule has 2 rings (SSSR count). The maximum absolute atomic E-state index is 6.11. The molecular formula is C12H17BrN2O2. The number of rotatable bonds is 2. The van der Waals surface area contributed by atoms with Gasteiger partial charge < -0.3 is 20.1 Å². The first-order valence-electron chi connectivity index (χ1n) is 5.61. The average Bonchev–Trinajstić information content (AvgIpc) is 2.31. The monoisotopic (exact) mass is 300 g/mol. The number of nitrogen functional groups attached to an aromatic ring is 1. The number of halogens is 1. The minimum Gasteiger partial charge on any atom is -0.494 e. The molecule has 0 aromatic heterocycles. The molecule has 5 heteroatoms. The van der Waals surface area contributed by atoms with Crippen LogP contribution in [0.4, 0.5) is 11.4 Å². The van der Waals surface area contributed by atoms with Gasteiger partial charge in [-0.1, -0.05) is 15.9 Å². The fourth-order valence-corrected chi connectivity index (χ4v) is 2.47. The first-order chi connectivity index (χ1) is 8.11. The molecular weight excluding hydrogens is 284 g/mol. The summed E-state index contributed by atoms with van der Waals surface area (Å²) in [7, 11) is 1.63. The van der Waals surface area contributed by atoms with Crippen LogP contribution in [0.1, 0.15) is 6.92 Å². The van der Waals surface area contributed by atoms with Gasteiger partial charge in [0.15, 0.2) is 0 Å². The molecule has 17 heavy (non-hydrogen) atoms. The summed E-state index contributed by atoms with van der Waals surface area (Å²) in [6.07, 6.45) is 0.230. The van der Waals surface area contributed by atoms with Gasteiger partial charge >= 0.3 is 0 Å². The van der Waals surface area contributed by atoms with Gasteiger partial charge in [-0.15, -0.1) is 0 Å². The Morgan fingerprint density at radius 1 is 1.53 bits per heavy atom. The van der Waals surface area contributed by atoms with Gasteiger partial charge in [-0.3, -0.25) is 0 Å². The first kappa shape index (κ1) is 12.5. The Hall–Kier alpha value is -0.940. The van der Waals surface area contributed by atoms with Crippen molar-refractivity contribution in [3.8, 4) is 5.75 Å². The maximum atomic E-state index is 6.11. The first-order valence-corrected chi connectivity index (χ1v) is 6.40. The van der Waals surface area contributed by atoms with E-state index in [0.717, 1.165) is 29.9 Å². The van der Waals surface area contributed by atoms with Gasteiger partial charge in [0.05, 0.1) is 31.2 Å². The summed E-state index contributed by atoms with van der Waals surface area (Å²) in [5.41, 5.74) is 7.80. The third-order valence-corrected chi connectivity index (χ3v) is 3.34. The smallest absolute Gasteiger partial charge is 0.145 e. The highest BCUT2D eigenvalue weighted by Gasteiger charge is 2.20. The molecule has 1 saturated heterocycles. The highest BCUT2D eigenvalue weighted by atomic mass is 79.9. The van der Waals surface area contributed by atoms with Crippen molar-refractivity contribution in [3.05, 3.63) is 16.6 Å². The molecule has 1 fully saturated rings. The summed E-state index contributed by atoms with van der Waals surface area (Å²) < 4.78 is 11.8. The number of hydrogen-bond acceptors (Lipinski definition) is 4. The van der Waals surface area contributed by atoms with E-state index in [2.05, 4.69) is 27.8 Å². The molecule has 0 spiro atoms. The highest BCUT2D eigenvalue weighted by molar-refractivity contribution is 9.10. The number of nitrogens with two attached hydrogens (primary N) is 1. The van der Waals surface area contributed by atoms with Crippen LogP contribution in [0.2, 0.25) is 0 Å². The summed E-state index contributed by atoms with van der Waals surface area (Å²) in [5, 5.41) is 0. The van der Waals surface area contributed by atoms with Crippen LogP contribution in [-0.2, 0) is 4.74 Å². The van der Waals surface area contributed by atoms with Gasteiger partial charge in [0, 0.05) is 17.6 Å². The lowest BCUT2D eigenvalue weighted by atomic mass is 10.2. The van der Waals surface area contributed by atoms with Crippen molar-refractivity contribution in [2.75, 3.05) is 37.4 Å². The Labute approximate surface area is 110 Å². The van der Waals surface area contributed by atoms with E-state index in [-0.39, 0.29) is 6.10 Å². The van der Waals surface area contributed by atoms with E-state index < -0.39 is 0 Å². The molecule has 2 N–H and O–H groups in total.